The lowest BCUT2D eigenvalue weighted by Gasteiger charge is -2.39. The highest BCUT2D eigenvalue weighted by Crippen LogP contribution is 2.21. The van der Waals surface area contributed by atoms with Gasteiger partial charge in [-0.15, -0.1) is 0 Å². The third-order valence-electron chi connectivity index (χ3n) is 6.61. The van der Waals surface area contributed by atoms with Crippen LogP contribution in [0.25, 0.3) is 0 Å². The Morgan fingerprint density at radius 1 is 1.06 bits per heavy atom. The highest BCUT2D eigenvalue weighted by atomic mass is 35.5. The smallest absolute Gasteiger partial charge is 0.243 e. The van der Waals surface area contributed by atoms with Crippen LogP contribution < -0.4 is 15.5 Å². The fraction of sp³-hybridized carbons (Fsp3) is 0.423. The molecule has 2 aromatic carbocycles. The number of halogens is 1. The minimum Gasteiger partial charge on any atom is -0.369 e. The van der Waals surface area contributed by atoms with Gasteiger partial charge in [0.1, 0.15) is 6.04 Å². The fourth-order valence-corrected chi connectivity index (χ4v) is 4.85. The van der Waals surface area contributed by atoms with Gasteiger partial charge in [0.2, 0.25) is 17.7 Å². The molecule has 2 aliphatic heterocycles. The molecule has 2 heterocycles. The zero-order valence-electron chi connectivity index (χ0n) is 20.0. The average Bonchev–Trinajstić information content (AvgIpc) is 2.86. The largest absolute Gasteiger partial charge is 0.369 e. The second kappa shape index (κ2) is 11.6. The average molecular weight is 498 g/mol. The van der Waals surface area contributed by atoms with E-state index in [2.05, 4.69) is 20.4 Å². The lowest BCUT2D eigenvalue weighted by Crippen LogP contribution is -2.60. The SMILES string of the molecule is CCc1ccccc1NC(=O)C[C@H]1C(=O)NCCN1C(=O)CN1CCN(c2cccc(Cl)c2)CC1. The van der Waals surface area contributed by atoms with Crippen molar-refractivity contribution in [2.45, 2.75) is 25.8 Å². The van der Waals surface area contributed by atoms with E-state index in [0.29, 0.717) is 18.1 Å². The zero-order chi connectivity index (χ0) is 24.8. The van der Waals surface area contributed by atoms with Crippen LogP contribution >= 0.6 is 11.6 Å². The molecule has 8 nitrogen and oxygen atoms in total. The normalized spacial score (nSPS) is 18.8. The predicted molar refractivity (Wildman–Crippen MR) is 138 cm³/mol. The summed E-state index contributed by atoms with van der Waals surface area (Å²) in [5.74, 6) is -0.682. The molecule has 0 unspecified atom stereocenters. The van der Waals surface area contributed by atoms with E-state index in [4.69, 9.17) is 11.6 Å². The van der Waals surface area contributed by atoms with Crippen molar-refractivity contribution >= 4 is 40.7 Å². The molecule has 1 atom stereocenters. The summed E-state index contributed by atoms with van der Waals surface area (Å²) in [4.78, 5) is 44.5. The van der Waals surface area contributed by atoms with Gasteiger partial charge in [-0.05, 0) is 36.2 Å². The lowest BCUT2D eigenvalue weighted by molar-refractivity contribution is -0.145. The second-order valence-corrected chi connectivity index (χ2v) is 9.34. The van der Waals surface area contributed by atoms with Crippen molar-refractivity contribution in [3.05, 3.63) is 59.1 Å². The number of piperazine rings is 2. The summed E-state index contributed by atoms with van der Waals surface area (Å²) in [5.41, 5.74) is 2.84. The third-order valence-corrected chi connectivity index (χ3v) is 6.84. The Bertz CT molecular complexity index is 1070. The number of aryl methyl sites for hydroxylation is 1. The quantitative estimate of drug-likeness (QED) is 0.613. The third kappa shape index (κ3) is 6.32. The molecule has 0 bridgehead atoms. The van der Waals surface area contributed by atoms with Gasteiger partial charge in [0.25, 0.3) is 0 Å². The molecule has 2 aliphatic rings. The minimum atomic E-state index is -0.808. The maximum absolute atomic E-state index is 13.2. The highest BCUT2D eigenvalue weighted by molar-refractivity contribution is 6.30. The van der Waals surface area contributed by atoms with Crippen molar-refractivity contribution in [3.8, 4) is 0 Å². The molecule has 0 aromatic heterocycles. The Kier molecular flexibility index (Phi) is 8.25. The summed E-state index contributed by atoms with van der Waals surface area (Å²) >= 11 is 6.12. The van der Waals surface area contributed by atoms with Gasteiger partial charge in [-0.25, -0.2) is 0 Å². The van der Waals surface area contributed by atoms with Crippen molar-refractivity contribution in [1.29, 1.82) is 0 Å². The summed E-state index contributed by atoms with van der Waals surface area (Å²) < 4.78 is 0. The van der Waals surface area contributed by atoms with Gasteiger partial charge >= 0.3 is 0 Å². The van der Waals surface area contributed by atoms with Crippen LogP contribution in [0.5, 0.6) is 0 Å². The molecule has 35 heavy (non-hydrogen) atoms. The van der Waals surface area contributed by atoms with Crippen LogP contribution in [0.4, 0.5) is 11.4 Å². The number of hydrogen-bond acceptors (Lipinski definition) is 5. The summed E-state index contributed by atoms with van der Waals surface area (Å²) in [6, 6.07) is 14.6. The van der Waals surface area contributed by atoms with Gasteiger partial charge in [0.15, 0.2) is 0 Å². The van der Waals surface area contributed by atoms with E-state index in [9.17, 15) is 14.4 Å². The lowest BCUT2D eigenvalue weighted by atomic mass is 10.1. The summed E-state index contributed by atoms with van der Waals surface area (Å²) in [7, 11) is 0. The number of para-hydroxylation sites is 1. The van der Waals surface area contributed by atoms with E-state index >= 15 is 0 Å². The first-order valence-corrected chi connectivity index (χ1v) is 12.5. The molecule has 9 heteroatoms. The van der Waals surface area contributed by atoms with E-state index in [1.54, 1.807) is 4.90 Å². The first-order valence-electron chi connectivity index (χ1n) is 12.1. The topological polar surface area (TPSA) is 85.0 Å². The zero-order valence-corrected chi connectivity index (χ0v) is 20.8. The van der Waals surface area contributed by atoms with Crippen LogP contribution in [0.3, 0.4) is 0 Å². The molecule has 0 radical (unpaired) electrons. The number of anilines is 2. The van der Waals surface area contributed by atoms with Crippen molar-refractivity contribution in [2.75, 3.05) is 56.0 Å². The van der Waals surface area contributed by atoms with Crippen LogP contribution in [0.15, 0.2) is 48.5 Å². The van der Waals surface area contributed by atoms with Crippen LogP contribution in [0.1, 0.15) is 18.9 Å². The molecule has 2 fully saturated rings. The number of amides is 3. The molecule has 2 aromatic rings. The van der Waals surface area contributed by atoms with E-state index in [1.807, 2.05) is 55.5 Å². The van der Waals surface area contributed by atoms with E-state index in [1.165, 1.54) is 0 Å². The second-order valence-electron chi connectivity index (χ2n) is 8.90. The maximum atomic E-state index is 13.2. The Morgan fingerprint density at radius 2 is 1.83 bits per heavy atom. The van der Waals surface area contributed by atoms with E-state index in [0.717, 1.165) is 49.5 Å². The van der Waals surface area contributed by atoms with Crippen molar-refractivity contribution < 1.29 is 14.4 Å². The summed E-state index contributed by atoms with van der Waals surface area (Å²) in [6.45, 7) is 6.09. The monoisotopic (exact) mass is 497 g/mol. The molecule has 186 valence electrons. The molecular weight excluding hydrogens is 466 g/mol. The number of nitrogens with zero attached hydrogens (tertiary/aromatic N) is 3. The number of nitrogens with one attached hydrogen (secondary N) is 2. The first kappa shape index (κ1) is 25.0. The number of carbonyl (C=O) groups excluding carboxylic acids is 3. The molecule has 2 saturated heterocycles. The molecule has 0 spiro atoms. The maximum Gasteiger partial charge on any atom is 0.243 e. The van der Waals surface area contributed by atoms with Crippen molar-refractivity contribution in [1.82, 2.24) is 15.1 Å². The van der Waals surface area contributed by atoms with Crippen molar-refractivity contribution in [2.24, 2.45) is 0 Å². The minimum absolute atomic E-state index is 0.0713. The van der Waals surface area contributed by atoms with E-state index in [-0.39, 0.29) is 30.7 Å². The Labute approximate surface area is 211 Å². The first-order chi connectivity index (χ1) is 16.9. The molecule has 3 amide bonds. The van der Waals surface area contributed by atoms with Crippen LogP contribution in [-0.2, 0) is 20.8 Å². The predicted octanol–water partition coefficient (Wildman–Crippen LogP) is 2.38. The van der Waals surface area contributed by atoms with Crippen LogP contribution in [0, 0.1) is 0 Å². The Hall–Kier alpha value is -3.10. The van der Waals surface area contributed by atoms with Gasteiger partial charge in [0, 0.05) is 55.7 Å². The van der Waals surface area contributed by atoms with Gasteiger partial charge in [0.05, 0.1) is 13.0 Å². The van der Waals surface area contributed by atoms with Gasteiger partial charge in [-0.3, -0.25) is 19.3 Å². The van der Waals surface area contributed by atoms with E-state index < -0.39 is 6.04 Å². The van der Waals surface area contributed by atoms with Crippen LogP contribution in [-0.4, -0.2) is 79.4 Å². The van der Waals surface area contributed by atoms with Crippen LogP contribution in [0.2, 0.25) is 5.02 Å². The molecule has 4 rings (SSSR count). The molecule has 0 saturated carbocycles. The number of rotatable bonds is 7. The Morgan fingerprint density at radius 3 is 2.57 bits per heavy atom. The number of carbonyl (C=O) groups is 3. The summed E-state index contributed by atoms with van der Waals surface area (Å²) in [6.07, 6.45) is 0.716. The molecule has 2 N–H and O–H groups in total. The molecular formula is C26H32ClN5O3. The Balaban J connectivity index is 1.34. The van der Waals surface area contributed by atoms with Gasteiger partial charge < -0.3 is 20.4 Å². The summed E-state index contributed by atoms with van der Waals surface area (Å²) in [5, 5.41) is 6.41. The molecule has 0 aliphatic carbocycles. The number of hydrogen-bond donors (Lipinski definition) is 2. The van der Waals surface area contributed by atoms with Crippen molar-refractivity contribution in [3.63, 3.8) is 0 Å². The number of benzene rings is 2. The van der Waals surface area contributed by atoms with Gasteiger partial charge in [-0.1, -0.05) is 42.8 Å². The van der Waals surface area contributed by atoms with Gasteiger partial charge in [-0.2, -0.15) is 0 Å². The highest BCUT2D eigenvalue weighted by Gasteiger charge is 2.35. The fourth-order valence-electron chi connectivity index (χ4n) is 4.66. The standard InChI is InChI=1S/C26H32ClN5O3/c1-2-19-6-3-4-9-22(19)29-24(33)17-23-26(35)28-10-11-32(23)25(34)18-30-12-14-31(15-13-30)21-8-5-7-20(27)16-21/h3-9,16,23H,2,10-15,17-18H2,1H3,(H,28,35)(H,29,33)/t23-/m0/s1.